The van der Waals surface area contributed by atoms with Gasteiger partial charge in [-0.1, -0.05) is 12.1 Å². The number of ether oxygens (including phenoxy) is 1. The lowest BCUT2D eigenvalue weighted by Crippen LogP contribution is -2.39. The summed E-state index contributed by atoms with van der Waals surface area (Å²) >= 11 is 0. The zero-order valence-corrected chi connectivity index (χ0v) is 19.2. The van der Waals surface area contributed by atoms with Crippen LogP contribution in [-0.2, 0) is 13.1 Å². The number of hydrogen-bond donors (Lipinski definition) is 0. The van der Waals surface area contributed by atoms with Gasteiger partial charge in [-0.3, -0.25) is 19.3 Å². The Hall–Kier alpha value is -3.87. The second-order valence-electron chi connectivity index (χ2n) is 8.90. The van der Waals surface area contributed by atoms with Crippen molar-refractivity contribution in [2.45, 2.75) is 38.9 Å². The Kier molecular flexibility index (Phi) is 5.69. The summed E-state index contributed by atoms with van der Waals surface area (Å²) in [4.78, 5) is 42.5. The van der Waals surface area contributed by atoms with Crippen LogP contribution >= 0.6 is 0 Å². The molecule has 1 aliphatic heterocycles. The molecule has 0 N–H and O–H groups in total. The van der Waals surface area contributed by atoms with Gasteiger partial charge in [0.05, 0.1) is 31.0 Å². The third-order valence-corrected chi connectivity index (χ3v) is 6.68. The van der Waals surface area contributed by atoms with Crippen LogP contribution in [0.5, 0.6) is 5.75 Å². The molecule has 7 heteroatoms. The molecule has 0 radical (unpaired) electrons. The predicted octanol–water partition coefficient (Wildman–Crippen LogP) is 4.53. The van der Waals surface area contributed by atoms with Gasteiger partial charge < -0.3 is 14.1 Å². The highest BCUT2D eigenvalue weighted by Gasteiger charge is 2.38. The molecule has 7 nitrogen and oxygen atoms in total. The molecule has 1 aliphatic carbocycles. The fourth-order valence-electron chi connectivity index (χ4n) is 4.45. The molecular weight excluding hydrogens is 432 g/mol. The van der Waals surface area contributed by atoms with Crippen molar-refractivity contribution >= 4 is 17.7 Å². The van der Waals surface area contributed by atoms with Crippen LogP contribution in [-0.4, -0.2) is 40.7 Å². The van der Waals surface area contributed by atoms with E-state index in [2.05, 4.69) is 6.92 Å². The SMILES string of the molecule is COc1ccc(CN(C(=O)c2ccc3c(c2)C(=O)N(Cc2ccco2)C3=O)C(C)C2CC2)cc1. The number of hydrogen-bond acceptors (Lipinski definition) is 5. The van der Waals surface area contributed by atoms with Gasteiger partial charge in [0, 0.05) is 18.2 Å². The van der Waals surface area contributed by atoms with Crippen LogP contribution in [0, 0.1) is 5.92 Å². The van der Waals surface area contributed by atoms with Crippen LogP contribution < -0.4 is 4.74 Å². The Balaban J connectivity index is 1.40. The number of furan rings is 1. The van der Waals surface area contributed by atoms with Gasteiger partial charge in [-0.15, -0.1) is 0 Å². The first-order valence-electron chi connectivity index (χ1n) is 11.4. The smallest absolute Gasteiger partial charge is 0.261 e. The summed E-state index contributed by atoms with van der Waals surface area (Å²) in [5, 5.41) is 0. The van der Waals surface area contributed by atoms with Crippen molar-refractivity contribution in [3.8, 4) is 5.75 Å². The number of amides is 3. The maximum absolute atomic E-state index is 13.6. The lowest BCUT2D eigenvalue weighted by Gasteiger charge is -2.30. The molecule has 1 atom stereocenters. The summed E-state index contributed by atoms with van der Waals surface area (Å²) in [7, 11) is 1.62. The standard InChI is InChI=1S/C27H26N2O5/c1-17(19-7-8-19)28(15-18-5-10-21(33-2)11-6-18)25(30)20-9-12-23-24(14-20)27(32)29(26(23)31)16-22-4-3-13-34-22/h3-6,9-14,17,19H,7-8,15-16H2,1-2H3. The van der Waals surface area contributed by atoms with Crippen LogP contribution in [0.1, 0.15) is 62.2 Å². The van der Waals surface area contributed by atoms with E-state index in [4.69, 9.17) is 9.15 Å². The number of carbonyl (C=O) groups is 3. The van der Waals surface area contributed by atoms with E-state index in [1.165, 1.54) is 6.26 Å². The largest absolute Gasteiger partial charge is 0.497 e. The number of benzene rings is 2. The van der Waals surface area contributed by atoms with Crippen molar-refractivity contribution in [2.24, 2.45) is 5.92 Å². The van der Waals surface area contributed by atoms with E-state index >= 15 is 0 Å². The van der Waals surface area contributed by atoms with Crippen molar-refractivity contribution in [2.75, 3.05) is 7.11 Å². The van der Waals surface area contributed by atoms with Crippen molar-refractivity contribution < 1.29 is 23.5 Å². The Morgan fingerprint density at radius 2 is 1.82 bits per heavy atom. The van der Waals surface area contributed by atoms with Crippen molar-refractivity contribution in [1.29, 1.82) is 0 Å². The average molecular weight is 459 g/mol. The van der Waals surface area contributed by atoms with E-state index in [0.717, 1.165) is 29.1 Å². The van der Waals surface area contributed by atoms with E-state index in [0.29, 0.717) is 29.3 Å². The summed E-state index contributed by atoms with van der Waals surface area (Å²) in [5.74, 6) is 0.818. The summed E-state index contributed by atoms with van der Waals surface area (Å²) in [6.07, 6.45) is 3.71. The fourth-order valence-corrected chi connectivity index (χ4v) is 4.45. The summed E-state index contributed by atoms with van der Waals surface area (Å²) in [5.41, 5.74) is 1.97. The zero-order chi connectivity index (χ0) is 23.8. The number of methoxy groups -OCH3 is 1. The van der Waals surface area contributed by atoms with Crippen molar-refractivity contribution in [3.63, 3.8) is 0 Å². The first kappa shape index (κ1) is 21.9. The van der Waals surface area contributed by atoms with Gasteiger partial charge in [0.15, 0.2) is 0 Å². The highest BCUT2D eigenvalue weighted by molar-refractivity contribution is 6.22. The van der Waals surface area contributed by atoms with Gasteiger partial charge in [-0.25, -0.2) is 0 Å². The van der Waals surface area contributed by atoms with Gasteiger partial charge in [0.1, 0.15) is 11.5 Å². The van der Waals surface area contributed by atoms with Crippen LogP contribution in [0.15, 0.2) is 65.3 Å². The van der Waals surface area contributed by atoms with Crippen LogP contribution in [0.25, 0.3) is 0 Å². The first-order chi connectivity index (χ1) is 16.5. The van der Waals surface area contributed by atoms with Crippen LogP contribution in [0.2, 0.25) is 0 Å². The molecule has 1 unspecified atom stereocenters. The molecule has 174 valence electrons. The Bertz CT molecular complexity index is 1230. The van der Waals surface area contributed by atoms with E-state index < -0.39 is 5.91 Å². The van der Waals surface area contributed by atoms with Gasteiger partial charge >= 0.3 is 0 Å². The Morgan fingerprint density at radius 3 is 2.47 bits per heavy atom. The minimum absolute atomic E-state index is 0.0605. The van der Waals surface area contributed by atoms with Gasteiger partial charge in [0.25, 0.3) is 17.7 Å². The first-order valence-corrected chi connectivity index (χ1v) is 11.4. The molecule has 2 aliphatic rings. The Labute approximate surface area is 197 Å². The maximum Gasteiger partial charge on any atom is 0.261 e. The second-order valence-corrected chi connectivity index (χ2v) is 8.90. The molecule has 1 fully saturated rings. The minimum atomic E-state index is -0.414. The predicted molar refractivity (Wildman–Crippen MR) is 124 cm³/mol. The van der Waals surface area contributed by atoms with Crippen LogP contribution in [0.4, 0.5) is 0 Å². The lowest BCUT2D eigenvalue weighted by molar-refractivity contribution is 0.0629. The molecule has 0 saturated heterocycles. The number of carbonyl (C=O) groups excluding carboxylic acids is 3. The normalized spacial score (nSPS) is 15.9. The summed E-state index contributed by atoms with van der Waals surface area (Å²) in [6, 6.07) is 15.9. The number of rotatable bonds is 8. The van der Waals surface area contributed by atoms with E-state index in [9.17, 15) is 14.4 Å². The van der Waals surface area contributed by atoms with Gasteiger partial charge in [-0.05, 0) is 73.7 Å². The molecule has 2 heterocycles. The molecule has 0 spiro atoms. The highest BCUT2D eigenvalue weighted by Crippen LogP contribution is 2.36. The molecular formula is C27H26N2O5. The van der Waals surface area contributed by atoms with Crippen molar-refractivity contribution in [3.05, 3.63) is 88.9 Å². The number of imide groups is 1. The molecule has 34 heavy (non-hydrogen) atoms. The topological polar surface area (TPSA) is 80.1 Å². The highest BCUT2D eigenvalue weighted by atomic mass is 16.5. The van der Waals surface area contributed by atoms with Crippen LogP contribution in [0.3, 0.4) is 0 Å². The van der Waals surface area contributed by atoms with E-state index in [1.807, 2.05) is 29.2 Å². The quantitative estimate of drug-likeness (QED) is 0.464. The van der Waals surface area contributed by atoms with Gasteiger partial charge in [0.2, 0.25) is 0 Å². The summed E-state index contributed by atoms with van der Waals surface area (Å²) in [6.45, 7) is 2.59. The number of nitrogens with zero attached hydrogens (tertiary/aromatic N) is 2. The number of fused-ring (bicyclic) bond motifs is 1. The summed E-state index contributed by atoms with van der Waals surface area (Å²) < 4.78 is 10.5. The fraction of sp³-hybridized carbons (Fsp3) is 0.296. The second kappa shape index (κ2) is 8.82. The third kappa shape index (κ3) is 4.09. The molecule has 2 aromatic carbocycles. The Morgan fingerprint density at radius 1 is 1.09 bits per heavy atom. The molecule has 5 rings (SSSR count). The molecule has 0 bridgehead atoms. The van der Waals surface area contributed by atoms with E-state index in [-0.39, 0.29) is 30.0 Å². The van der Waals surface area contributed by atoms with Gasteiger partial charge in [-0.2, -0.15) is 0 Å². The molecule has 3 amide bonds. The zero-order valence-electron chi connectivity index (χ0n) is 19.2. The monoisotopic (exact) mass is 458 g/mol. The average Bonchev–Trinajstić information content (AvgIpc) is 3.54. The van der Waals surface area contributed by atoms with E-state index in [1.54, 1.807) is 37.4 Å². The van der Waals surface area contributed by atoms with Crippen molar-refractivity contribution in [1.82, 2.24) is 9.80 Å². The minimum Gasteiger partial charge on any atom is -0.497 e. The molecule has 1 saturated carbocycles. The lowest BCUT2D eigenvalue weighted by atomic mass is 10.0. The third-order valence-electron chi connectivity index (χ3n) is 6.68. The molecule has 3 aromatic rings. The molecule has 1 aromatic heterocycles. The maximum atomic E-state index is 13.6.